The number of H-pyrrole nitrogens is 1. The van der Waals surface area contributed by atoms with Gasteiger partial charge in [-0.15, -0.1) is 0 Å². The number of fused-ring (bicyclic) bond motifs is 1. The zero-order valence-corrected chi connectivity index (χ0v) is 15.0. The van der Waals surface area contributed by atoms with Gasteiger partial charge < -0.3 is 9.64 Å². The molecule has 0 spiro atoms. The highest BCUT2D eigenvalue weighted by Gasteiger charge is 2.26. The van der Waals surface area contributed by atoms with Crippen LogP contribution in [0.2, 0.25) is 0 Å². The molecule has 1 aromatic heterocycles. The van der Waals surface area contributed by atoms with E-state index in [0.717, 1.165) is 11.1 Å². The van der Waals surface area contributed by atoms with Crippen molar-refractivity contribution >= 4 is 15.9 Å². The van der Waals surface area contributed by atoms with E-state index in [9.17, 15) is 13.2 Å². The van der Waals surface area contributed by atoms with Crippen LogP contribution < -0.4 is 4.72 Å². The number of rotatable bonds is 4. The van der Waals surface area contributed by atoms with E-state index < -0.39 is 10.0 Å². The van der Waals surface area contributed by atoms with E-state index in [4.69, 9.17) is 4.74 Å². The lowest BCUT2D eigenvalue weighted by molar-refractivity contribution is 0.0728. The molecule has 0 saturated carbocycles. The maximum atomic E-state index is 12.6. The third-order valence-corrected chi connectivity index (χ3v) is 6.29. The highest BCUT2D eigenvalue weighted by atomic mass is 32.2. The molecule has 1 saturated heterocycles. The molecular weight excluding hydrogens is 356 g/mol. The Labute approximate surface area is 151 Å². The first-order chi connectivity index (χ1) is 12.5. The van der Waals surface area contributed by atoms with E-state index in [1.54, 1.807) is 35.4 Å². The summed E-state index contributed by atoms with van der Waals surface area (Å²) >= 11 is 0. The van der Waals surface area contributed by atoms with Gasteiger partial charge in [0.15, 0.2) is 0 Å². The number of carbonyl (C=O) groups excluding carboxylic acids is 1. The molecule has 0 aliphatic carbocycles. The van der Waals surface area contributed by atoms with E-state index in [1.807, 2.05) is 0 Å². The lowest BCUT2D eigenvalue weighted by Gasteiger charge is -2.28. The molecule has 26 heavy (non-hydrogen) atoms. The Hall–Kier alpha value is -2.23. The highest BCUT2D eigenvalue weighted by molar-refractivity contribution is 7.89. The van der Waals surface area contributed by atoms with E-state index in [2.05, 4.69) is 14.9 Å². The number of hydrogen-bond acceptors (Lipinski definition) is 5. The predicted molar refractivity (Wildman–Crippen MR) is 93.0 cm³/mol. The van der Waals surface area contributed by atoms with Crippen LogP contribution in [0.3, 0.4) is 0 Å². The van der Waals surface area contributed by atoms with Gasteiger partial charge in [0.1, 0.15) is 5.69 Å². The average molecular weight is 376 g/mol. The zero-order chi connectivity index (χ0) is 18.1. The molecule has 9 heteroatoms. The molecule has 2 aliphatic rings. The minimum Gasteiger partial charge on any atom is -0.380 e. The van der Waals surface area contributed by atoms with E-state index in [-0.39, 0.29) is 16.8 Å². The number of amides is 1. The Morgan fingerprint density at radius 1 is 1.31 bits per heavy atom. The van der Waals surface area contributed by atoms with Crippen molar-refractivity contribution in [1.29, 1.82) is 0 Å². The maximum Gasteiger partial charge on any atom is 0.272 e. The summed E-state index contributed by atoms with van der Waals surface area (Å²) < 4.78 is 33.0. The normalized spacial score (nSPS) is 20.2. The Morgan fingerprint density at radius 3 is 2.92 bits per heavy atom. The molecule has 2 aliphatic heterocycles. The van der Waals surface area contributed by atoms with Crippen LogP contribution in [0.1, 0.15) is 28.0 Å². The van der Waals surface area contributed by atoms with Gasteiger partial charge in [-0.2, -0.15) is 5.10 Å². The summed E-state index contributed by atoms with van der Waals surface area (Å²) in [5.74, 6) is -0.104. The molecule has 3 heterocycles. The maximum absolute atomic E-state index is 12.6. The Morgan fingerprint density at radius 2 is 2.19 bits per heavy atom. The van der Waals surface area contributed by atoms with Crippen LogP contribution in [0.15, 0.2) is 35.4 Å². The average Bonchev–Trinajstić information content (AvgIpc) is 3.33. The fourth-order valence-corrected chi connectivity index (χ4v) is 4.64. The Bertz CT molecular complexity index is 905. The molecule has 8 nitrogen and oxygen atoms in total. The third kappa shape index (κ3) is 3.37. The highest BCUT2D eigenvalue weighted by Crippen LogP contribution is 2.24. The van der Waals surface area contributed by atoms with Crippen molar-refractivity contribution in [3.63, 3.8) is 0 Å². The summed E-state index contributed by atoms with van der Waals surface area (Å²) in [6, 6.07) is 6.58. The lowest BCUT2D eigenvalue weighted by atomic mass is 9.99. The molecule has 2 N–H and O–H groups in total. The molecule has 0 unspecified atom stereocenters. The molecule has 4 rings (SSSR count). The third-order valence-electron chi connectivity index (χ3n) is 4.77. The van der Waals surface area contributed by atoms with Crippen molar-refractivity contribution in [1.82, 2.24) is 19.8 Å². The van der Waals surface area contributed by atoms with Crippen molar-refractivity contribution < 1.29 is 17.9 Å². The Kier molecular flexibility index (Phi) is 4.51. The topological polar surface area (TPSA) is 104 Å². The Balaban J connectivity index is 1.51. The molecule has 0 radical (unpaired) electrons. The van der Waals surface area contributed by atoms with Crippen molar-refractivity contribution in [3.8, 4) is 0 Å². The second-order valence-electron chi connectivity index (χ2n) is 6.56. The van der Waals surface area contributed by atoms with Gasteiger partial charge in [-0.05, 0) is 42.2 Å². The first-order valence-electron chi connectivity index (χ1n) is 8.53. The molecule has 1 fully saturated rings. The van der Waals surface area contributed by atoms with E-state index >= 15 is 0 Å². The van der Waals surface area contributed by atoms with Crippen molar-refractivity contribution in [3.05, 3.63) is 47.3 Å². The number of carbonyl (C=O) groups is 1. The van der Waals surface area contributed by atoms with Gasteiger partial charge >= 0.3 is 0 Å². The smallest absolute Gasteiger partial charge is 0.272 e. The number of aromatic amines is 1. The van der Waals surface area contributed by atoms with Crippen LogP contribution in [0.4, 0.5) is 0 Å². The fourth-order valence-electron chi connectivity index (χ4n) is 3.33. The van der Waals surface area contributed by atoms with Gasteiger partial charge in [0.25, 0.3) is 5.91 Å². The number of aromatic nitrogens is 2. The van der Waals surface area contributed by atoms with Gasteiger partial charge in [-0.25, -0.2) is 13.1 Å². The molecule has 1 atom stereocenters. The fraction of sp³-hybridized carbons (Fsp3) is 0.412. The number of hydrogen-bond donors (Lipinski definition) is 2. The minimum absolute atomic E-state index is 0.104. The quantitative estimate of drug-likeness (QED) is 0.816. The number of sulfonamides is 1. The number of nitrogens with zero attached hydrogens (tertiary/aromatic N) is 2. The van der Waals surface area contributed by atoms with E-state index in [1.165, 1.54) is 0 Å². The molecule has 2 aromatic rings. The molecule has 1 aromatic carbocycles. The molecule has 138 valence electrons. The van der Waals surface area contributed by atoms with E-state index in [0.29, 0.717) is 44.8 Å². The molecule has 1 amide bonds. The lowest BCUT2D eigenvalue weighted by Crippen LogP contribution is -2.37. The largest absolute Gasteiger partial charge is 0.380 e. The first kappa shape index (κ1) is 17.2. The predicted octanol–water partition coefficient (Wildman–Crippen LogP) is 0.675. The van der Waals surface area contributed by atoms with Crippen molar-refractivity contribution in [2.75, 3.05) is 19.8 Å². The minimum atomic E-state index is -3.57. The first-order valence-corrected chi connectivity index (χ1v) is 10.0. The second kappa shape index (κ2) is 6.82. The van der Waals surface area contributed by atoms with Crippen LogP contribution >= 0.6 is 0 Å². The number of nitrogens with one attached hydrogen (secondary N) is 2. The number of ether oxygens (including phenoxy) is 1. The van der Waals surface area contributed by atoms with Crippen LogP contribution in [0, 0.1) is 0 Å². The van der Waals surface area contributed by atoms with Gasteiger partial charge in [-0.1, -0.05) is 6.07 Å². The molecular formula is C17H20N4O4S. The van der Waals surface area contributed by atoms with Crippen molar-refractivity contribution in [2.45, 2.75) is 30.3 Å². The van der Waals surface area contributed by atoms with Crippen molar-refractivity contribution in [2.24, 2.45) is 0 Å². The summed E-state index contributed by atoms with van der Waals surface area (Å²) in [6.45, 7) is 1.99. The molecule has 0 bridgehead atoms. The number of benzene rings is 1. The van der Waals surface area contributed by atoms with Crippen LogP contribution in [0.5, 0.6) is 0 Å². The standard InChI is InChI=1S/C17H20N4O4S/c22-17(16-3-6-18-19-16)21-7-4-12-9-15(2-1-13(12)10-21)26(23,24)20-14-5-8-25-11-14/h1-3,6,9,14,20H,4-5,7-8,10-11H2,(H,18,19)/t14-/m0/s1. The van der Waals surface area contributed by atoms with Crippen LogP contribution in [-0.2, 0) is 27.7 Å². The summed E-state index contributed by atoms with van der Waals surface area (Å²) in [4.78, 5) is 14.4. The van der Waals surface area contributed by atoms with Gasteiger partial charge in [0.05, 0.1) is 11.5 Å². The van der Waals surface area contributed by atoms with Gasteiger partial charge in [0, 0.05) is 31.9 Å². The second-order valence-corrected chi connectivity index (χ2v) is 8.27. The van der Waals surface area contributed by atoms with Crippen LogP contribution in [-0.4, -0.2) is 55.2 Å². The summed E-state index contributed by atoms with van der Waals surface area (Å²) in [6.07, 6.45) is 2.85. The summed E-state index contributed by atoms with van der Waals surface area (Å²) in [7, 11) is -3.57. The van der Waals surface area contributed by atoms with Crippen LogP contribution in [0.25, 0.3) is 0 Å². The summed E-state index contributed by atoms with van der Waals surface area (Å²) in [5, 5.41) is 6.49. The zero-order valence-electron chi connectivity index (χ0n) is 14.1. The summed E-state index contributed by atoms with van der Waals surface area (Å²) in [5.41, 5.74) is 2.38. The monoisotopic (exact) mass is 376 g/mol. The SMILES string of the molecule is O=C(c1ccn[nH]1)N1CCc2cc(S(=O)(=O)N[C@H]3CCOC3)ccc2C1. The van der Waals surface area contributed by atoms with Gasteiger partial charge in [0.2, 0.25) is 10.0 Å². The van der Waals surface area contributed by atoms with Gasteiger partial charge in [-0.3, -0.25) is 9.89 Å².